The number of ether oxygens (including phenoxy) is 3. The van der Waals surface area contributed by atoms with Gasteiger partial charge < -0.3 is 14.2 Å². The maximum atomic E-state index is 13.1. The minimum atomic E-state index is -0.452. The molecule has 31 heavy (non-hydrogen) atoms. The topological polar surface area (TPSA) is 79.7 Å². The molecule has 0 aliphatic heterocycles. The summed E-state index contributed by atoms with van der Waals surface area (Å²) in [5, 5.41) is 1.93. The Bertz CT molecular complexity index is 1310. The first-order valence-corrected chi connectivity index (χ1v) is 10.3. The lowest BCUT2D eigenvalue weighted by atomic mass is 10.1. The van der Waals surface area contributed by atoms with Crippen LogP contribution in [-0.4, -0.2) is 36.8 Å². The quantitative estimate of drug-likeness (QED) is 0.426. The van der Waals surface area contributed by atoms with Gasteiger partial charge in [0.1, 0.15) is 16.2 Å². The average Bonchev–Trinajstić information content (AvgIpc) is 3.25. The first-order chi connectivity index (χ1) is 15.0. The van der Waals surface area contributed by atoms with E-state index < -0.39 is 5.97 Å². The van der Waals surface area contributed by atoms with Crippen LogP contribution in [0.5, 0.6) is 11.5 Å². The number of esters is 1. The van der Waals surface area contributed by atoms with Crippen molar-refractivity contribution in [2.45, 2.75) is 6.54 Å². The van der Waals surface area contributed by atoms with E-state index in [4.69, 9.17) is 14.2 Å². The number of methoxy groups -OCH3 is 3. The highest BCUT2D eigenvalue weighted by atomic mass is 32.1. The Morgan fingerprint density at radius 3 is 2.52 bits per heavy atom. The summed E-state index contributed by atoms with van der Waals surface area (Å²) in [4.78, 5) is 29.6. The first kappa shape index (κ1) is 20.6. The maximum Gasteiger partial charge on any atom is 0.337 e. The first-order valence-electron chi connectivity index (χ1n) is 9.42. The van der Waals surface area contributed by atoms with Gasteiger partial charge in [-0.2, -0.15) is 0 Å². The number of hydrogen-bond donors (Lipinski definition) is 0. The van der Waals surface area contributed by atoms with Crippen LogP contribution in [0, 0.1) is 0 Å². The molecule has 2 aromatic carbocycles. The van der Waals surface area contributed by atoms with Crippen LogP contribution < -0.4 is 15.0 Å². The normalized spacial score (nSPS) is 10.8. The van der Waals surface area contributed by atoms with Gasteiger partial charge in [-0.3, -0.25) is 9.36 Å². The largest absolute Gasteiger partial charge is 0.497 e. The van der Waals surface area contributed by atoms with Gasteiger partial charge in [-0.15, -0.1) is 11.3 Å². The summed E-state index contributed by atoms with van der Waals surface area (Å²) in [5.41, 5.74) is 3.44. The molecule has 0 radical (unpaired) electrons. The van der Waals surface area contributed by atoms with E-state index in [-0.39, 0.29) is 12.1 Å². The van der Waals surface area contributed by atoms with Crippen LogP contribution >= 0.6 is 11.3 Å². The van der Waals surface area contributed by atoms with Gasteiger partial charge in [0.05, 0.1) is 45.3 Å². The molecule has 0 spiro atoms. The summed E-state index contributed by atoms with van der Waals surface area (Å²) in [6.45, 7) is 0.214. The monoisotopic (exact) mass is 436 g/mol. The van der Waals surface area contributed by atoms with Crippen LogP contribution in [0.1, 0.15) is 15.9 Å². The second-order valence-corrected chi connectivity index (χ2v) is 7.63. The Morgan fingerprint density at radius 2 is 1.84 bits per heavy atom. The summed E-state index contributed by atoms with van der Waals surface area (Å²) in [6, 6.07) is 12.6. The molecule has 0 bridgehead atoms. The molecule has 8 heteroatoms. The Labute approximate surface area is 182 Å². The zero-order valence-electron chi connectivity index (χ0n) is 17.2. The number of nitrogens with zero attached hydrogens (tertiary/aromatic N) is 2. The number of benzene rings is 2. The minimum Gasteiger partial charge on any atom is -0.497 e. The third-order valence-electron chi connectivity index (χ3n) is 4.99. The van der Waals surface area contributed by atoms with Gasteiger partial charge in [0.15, 0.2) is 0 Å². The molecule has 2 heterocycles. The van der Waals surface area contributed by atoms with Crippen LogP contribution in [0.3, 0.4) is 0 Å². The Hall–Kier alpha value is -3.65. The number of rotatable bonds is 6. The second-order valence-electron chi connectivity index (χ2n) is 6.75. The van der Waals surface area contributed by atoms with E-state index in [0.29, 0.717) is 27.1 Å². The van der Waals surface area contributed by atoms with Crippen molar-refractivity contribution in [2.75, 3.05) is 21.3 Å². The maximum absolute atomic E-state index is 13.1. The molecule has 0 N–H and O–H groups in total. The molecule has 7 nitrogen and oxygen atoms in total. The molecule has 0 saturated heterocycles. The van der Waals surface area contributed by atoms with Crippen LogP contribution in [0.15, 0.2) is 59.0 Å². The number of carbonyl (C=O) groups is 1. The number of carbonyl (C=O) groups excluding carboxylic acids is 1. The molecule has 0 saturated carbocycles. The minimum absolute atomic E-state index is 0.153. The van der Waals surface area contributed by atoms with Crippen LogP contribution in [0.25, 0.3) is 21.3 Å². The standard InChI is InChI=1S/C23H20N2O5S/c1-28-17-7-4-14(5-8-17)18-12-31-21-20(18)24-13-25(22(21)26)11-16-10-15(23(27)30-3)6-9-19(16)29-2/h4-10,12-13H,11H2,1-3H3. The van der Waals surface area contributed by atoms with Crippen molar-refractivity contribution >= 4 is 27.5 Å². The molecule has 158 valence electrons. The molecule has 0 atom stereocenters. The zero-order chi connectivity index (χ0) is 22.0. The zero-order valence-corrected chi connectivity index (χ0v) is 18.1. The van der Waals surface area contributed by atoms with Gasteiger partial charge in [0.2, 0.25) is 0 Å². The van der Waals surface area contributed by atoms with Gasteiger partial charge in [-0.1, -0.05) is 12.1 Å². The van der Waals surface area contributed by atoms with E-state index in [0.717, 1.165) is 16.9 Å². The van der Waals surface area contributed by atoms with Crippen LogP contribution in [0.4, 0.5) is 0 Å². The van der Waals surface area contributed by atoms with E-state index in [9.17, 15) is 9.59 Å². The van der Waals surface area contributed by atoms with Gasteiger partial charge in [-0.25, -0.2) is 9.78 Å². The van der Waals surface area contributed by atoms with Gasteiger partial charge in [-0.05, 0) is 35.9 Å². The molecule has 0 aliphatic rings. The molecular formula is C23H20N2O5S. The predicted octanol–water partition coefficient (Wildman–Crippen LogP) is 3.98. The molecule has 0 amide bonds. The molecule has 0 fully saturated rings. The molecule has 0 unspecified atom stereocenters. The van der Waals surface area contributed by atoms with Gasteiger partial charge in [0, 0.05) is 16.5 Å². The van der Waals surface area contributed by atoms with E-state index in [1.54, 1.807) is 32.4 Å². The Kier molecular flexibility index (Phi) is 5.73. The van der Waals surface area contributed by atoms with Gasteiger partial charge >= 0.3 is 5.97 Å². The fraction of sp³-hybridized carbons (Fsp3) is 0.174. The highest BCUT2D eigenvalue weighted by Crippen LogP contribution is 2.32. The fourth-order valence-electron chi connectivity index (χ4n) is 3.36. The summed E-state index contributed by atoms with van der Waals surface area (Å²) in [7, 11) is 4.49. The summed E-state index contributed by atoms with van der Waals surface area (Å²) in [5.74, 6) is 0.888. The third-order valence-corrected chi connectivity index (χ3v) is 5.95. The number of hydrogen-bond acceptors (Lipinski definition) is 7. The van der Waals surface area contributed by atoms with Crippen molar-refractivity contribution in [1.82, 2.24) is 9.55 Å². The highest BCUT2D eigenvalue weighted by molar-refractivity contribution is 7.17. The predicted molar refractivity (Wildman–Crippen MR) is 119 cm³/mol. The lowest BCUT2D eigenvalue weighted by Gasteiger charge is -2.12. The molecular weight excluding hydrogens is 416 g/mol. The van der Waals surface area contributed by atoms with E-state index in [1.807, 2.05) is 29.6 Å². The van der Waals surface area contributed by atoms with E-state index in [2.05, 4.69) is 4.98 Å². The summed E-state index contributed by atoms with van der Waals surface area (Å²) < 4.78 is 17.5. The molecule has 0 aliphatic carbocycles. The van der Waals surface area contributed by atoms with E-state index in [1.165, 1.54) is 29.3 Å². The van der Waals surface area contributed by atoms with Crippen molar-refractivity contribution in [3.63, 3.8) is 0 Å². The van der Waals surface area contributed by atoms with Crippen molar-refractivity contribution in [3.05, 3.63) is 75.7 Å². The summed E-state index contributed by atoms with van der Waals surface area (Å²) >= 11 is 1.36. The lowest BCUT2D eigenvalue weighted by molar-refractivity contribution is 0.0600. The average molecular weight is 436 g/mol. The van der Waals surface area contributed by atoms with Crippen molar-refractivity contribution < 1.29 is 19.0 Å². The van der Waals surface area contributed by atoms with Crippen LogP contribution in [-0.2, 0) is 11.3 Å². The lowest BCUT2D eigenvalue weighted by Crippen LogP contribution is -2.21. The van der Waals surface area contributed by atoms with E-state index >= 15 is 0 Å². The molecule has 4 aromatic rings. The highest BCUT2D eigenvalue weighted by Gasteiger charge is 2.15. The number of thiophene rings is 1. The van der Waals surface area contributed by atoms with Crippen molar-refractivity contribution in [1.29, 1.82) is 0 Å². The fourth-order valence-corrected chi connectivity index (χ4v) is 4.34. The second kappa shape index (κ2) is 8.61. The van der Waals surface area contributed by atoms with Gasteiger partial charge in [0.25, 0.3) is 5.56 Å². The SMILES string of the molecule is COC(=O)c1ccc(OC)c(Cn2cnc3c(-c4ccc(OC)cc4)csc3c2=O)c1. The Morgan fingerprint density at radius 1 is 1.06 bits per heavy atom. The van der Waals surface area contributed by atoms with Crippen molar-refractivity contribution in [3.8, 4) is 22.6 Å². The molecule has 4 rings (SSSR count). The summed E-state index contributed by atoms with van der Waals surface area (Å²) in [6.07, 6.45) is 1.52. The Balaban J connectivity index is 1.73. The van der Waals surface area contributed by atoms with Crippen molar-refractivity contribution in [2.24, 2.45) is 0 Å². The third kappa shape index (κ3) is 3.89. The smallest absolute Gasteiger partial charge is 0.337 e. The van der Waals surface area contributed by atoms with Crippen LogP contribution in [0.2, 0.25) is 0 Å². The number of fused-ring (bicyclic) bond motifs is 1. The number of aromatic nitrogens is 2. The molecule has 2 aromatic heterocycles.